The molecule has 5 heteroatoms. The molecule has 1 heterocycles. The van der Waals surface area contributed by atoms with Crippen LogP contribution in [0, 0.1) is 6.92 Å². The zero-order chi connectivity index (χ0) is 13.1. The third kappa shape index (κ3) is 2.87. The first-order chi connectivity index (χ1) is 8.56. The third-order valence-corrected chi connectivity index (χ3v) is 3.35. The molecule has 0 fully saturated rings. The lowest BCUT2D eigenvalue weighted by atomic mass is 10.1. The molecule has 0 aliphatic carbocycles. The standard InChI is InChI=1S/C13H15N3OS/c1-8-3-5-10(6-4-8)9(2)15-12(17)11-7-18-13(14)16-11/h3-7,9H,1-2H3,(H2,14,16)(H,15,17)/t9-/m1/s1. The van der Waals surface area contributed by atoms with E-state index in [-0.39, 0.29) is 11.9 Å². The van der Waals surface area contributed by atoms with E-state index in [9.17, 15) is 4.79 Å². The average molecular weight is 261 g/mol. The Bertz CT molecular complexity index is 548. The number of aromatic nitrogens is 1. The van der Waals surface area contributed by atoms with Crippen molar-refractivity contribution in [2.24, 2.45) is 0 Å². The van der Waals surface area contributed by atoms with Crippen molar-refractivity contribution in [2.75, 3.05) is 5.73 Å². The second-order valence-electron chi connectivity index (χ2n) is 4.18. The summed E-state index contributed by atoms with van der Waals surface area (Å²) in [4.78, 5) is 15.8. The number of nitrogen functional groups attached to an aromatic ring is 1. The van der Waals surface area contributed by atoms with Crippen molar-refractivity contribution < 1.29 is 4.79 Å². The highest BCUT2D eigenvalue weighted by atomic mass is 32.1. The van der Waals surface area contributed by atoms with Crippen LogP contribution in [0.3, 0.4) is 0 Å². The number of nitrogens with two attached hydrogens (primary N) is 1. The van der Waals surface area contributed by atoms with Crippen LogP contribution in [-0.2, 0) is 0 Å². The average Bonchev–Trinajstić information content (AvgIpc) is 2.76. The van der Waals surface area contributed by atoms with Gasteiger partial charge in [0.15, 0.2) is 5.13 Å². The summed E-state index contributed by atoms with van der Waals surface area (Å²) >= 11 is 1.26. The Hall–Kier alpha value is -1.88. The topological polar surface area (TPSA) is 68.0 Å². The molecule has 0 spiro atoms. The van der Waals surface area contributed by atoms with Crippen molar-refractivity contribution >= 4 is 22.4 Å². The maximum absolute atomic E-state index is 11.9. The van der Waals surface area contributed by atoms with Gasteiger partial charge in [-0.15, -0.1) is 11.3 Å². The fraction of sp³-hybridized carbons (Fsp3) is 0.231. The van der Waals surface area contributed by atoms with Crippen molar-refractivity contribution in [3.8, 4) is 0 Å². The fourth-order valence-corrected chi connectivity index (χ4v) is 2.14. The number of thiazole rings is 1. The lowest BCUT2D eigenvalue weighted by Crippen LogP contribution is -2.26. The maximum Gasteiger partial charge on any atom is 0.271 e. The molecule has 4 nitrogen and oxygen atoms in total. The number of aryl methyl sites for hydroxylation is 1. The molecule has 2 rings (SSSR count). The van der Waals surface area contributed by atoms with Gasteiger partial charge in [0.05, 0.1) is 6.04 Å². The Balaban J connectivity index is 2.05. The van der Waals surface area contributed by atoms with Crippen molar-refractivity contribution in [3.05, 3.63) is 46.5 Å². The molecule has 0 saturated heterocycles. The summed E-state index contributed by atoms with van der Waals surface area (Å²) in [6.45, 7) is 3.98. The maximum atomic E-state index is 11.9. The molecule has 1 atom stereocenters. The van der Waals surface area contributed by atoms with E-state index >= 15 is 0 Å². The minimum absolute atomic E-state index is 0.0546. The number of rotatable bonds is 3. The summed E-state index contributed by atoms with van der Waals surface area (Å²) in [7, 11) is 0. The number of carbonyl (C=O) groups is 1. The largest absolute Gasteiger partial charge is 0.375 e. The zero-order valence-electron chi connectivity index (χ0n) is 10.3. The minimum atomic E-state index is -0.198. The summed E-state index contributed by atoms with van der Waals surface area (Å²) in [6, 6.07) is 8.02. The number of benzene rings is 1. The van der Waals surface area contributed by atoms with E-state index < -0.39 is 0 Å². The normalized spacial score (nSPS) is 12.1. The first kappa shape index (κ1) is 12.6. The first-order valence-electron chi connectivity index (χ1n) is 5.64. The summed E-state index contributed by atoms with van der Waals surface area (Å²) in [5.41, 5.74) is 8.14. The zero-order valence-corrected chi connectivity index (χ0v) is 11.1. The van der Waals surface area contributed by atoms with Crippen molar-refractivity contribution in [2.45, 2.75) is 19.9 Å². The molecule has 18 heavy (non-hydrogen) atoms. The second kappa shape index (κ2) is 5.18. The number of carbonyl (C=O) groups excluding carboxylic acids is 1. The van der Waals surface area contributed by atoms with Crippen molar-refractivity contribution in [1.82, 2.24) is 10.3 Å². The van der Waals surface area contributed by atoms with Gasteiger partial charge >= 0.3 is 0 Å². The van der Waals surface area contributed by atoms with Gasteiger partial charge in [0.1, 0.15) is 5.69 Å². The molecule has 1 aromatic heterocycles. The predicted octanol–water partition coefficient (Wildman–Crippen LogP) is 2.52. The molecule has 0 bridgehead atoms. The highest BCUT2D eigenvalue weighted by Crippen LogP contribution is 2.15. The van der Waals surface area contributed by atoms with Crippen LogP contribution < -0.4 is 11.1 Å². The Labute approximate surface area is 110 Å². The monoisotopic (exact) mass is 261 g/mol. The van der Waals surface area contributed by atoms with E-state index in [2.05, 4.69) is 10.3 Å². The smallest absolute Gasteiger partial charge is 0.271 e. The van der Waals surface area contributed by atoms with E-state index in [4.69, 9.17) is 5.73 Å². The number of nitrogens with one attached hydrogen (secondary N) is 1. The van der Waals surface area contributed by atoms with Gasteiger partial charge in [-0.25, -0.2) is 4.98 Å². The molecular formula is C13H15N3OS. The van der Waals surface area contributed by atoms with Gasteiger partial charge in [-0.2, -0.15) is 0 Å². The molecule has 0 unspecified atom stereocenters. The molecule has 3 N–H and O–H groups in total. The van der Waals surface area contributed by atoms with Crippen molar-refractivity contribution in [3.63, 3.8) is 0 Å². The van der Waals surface area contributed by atoms with E-state index in [1.807, 2.05) is 38.1 Å². The van der Waals surface area contributed by atoms with Crippen LogP contribution >= 0.6 is 11.3 Å². The first-order valence-corrected chi connectivity index (χ1v) is 6.52. The van der Waals surface area contributed by atoms with E-state index in [0.717, 1.165) is 5.56 Å². The van der Waals surface area contributed by atoms with Crippen LogP contribution in [-0.4, -0.2) is 10.9 Å². The third-order valence-electron chi connectivity index (χ3n) is 2.68. The Kier molecular flexibility index (Phi) is 3.62. The number of nitrogens with zero attached hydrogens (tertiary/aromatic N) is 1. The fourth-order valence-electron chi connectivity index (χ4n) is 1.60. The number of hydrogen-bond donors (Lipinski definition) is 2. The van der Waals surface area contributed by atoms with Gasteiger partial charge in [-0.3, -0.25) is 4.79 Å². The molecular weight excluding hydrogens is 246 g/mol. The van der Waals surface area contributed by atoms with Crippen LogP contribution in [0.2, 0.25) is 0 Å². The van der Waals surface area contributed by atoms with Crippen LogP contribution in [0.15, 0.2) is 29.6 Å². The summed E-state index contributed by atoms with van der Waals surface area (Å²) in [6.07, 6.45) is 0. The van der Waals surface area contributed by atoms with Crippen LogP contribution in [0.25, 0.3) is 0 Å². The van der Waals surface area contributed by atoms with Crippen LogP contribution in [0.1, 0.15) is 34.6 Å². The van der Waals surface area contributed by atoms with Crippen LogP contribution in [0.4, 0.5) is 5.13 Å². The minimum Gasteiger partial charge on any atom is -0.375 e. The van der Waals surface area contributed by atoms with E-state index in [1.165, 1.54) is 16.9 Å². The molecule has 0 aliphatic rings. The highest BCUT2D eigenvalue weighted by molar-refractivity contribution is 7.13. The van der Waals surface area contributed by atoms with Gasteiger partial charge in [0.2, 0.25) is 0 Å². The molecule has 0 radical (unpaired) electrons. The van der Waals surface area contributed by atoms with Crippen molar-refractivity contribution in [1.29, 1.82) is 0 Å². The number of amides is 1. The van der Waals surface area contributed by atoms with Gasteiger partial charge in [-0.05, 0) is 19.4 Å². The molecule has 1 amide bonds. The highest BCUT2D eigenvalue weighted by Gasteiger charge is 2.13. The summed E-state index contributed by atoms with van der Waals surface area (Å²) in [5, 5.41) is 4.96. The van der Waals surface area contributed by atoms with E-state index in [1.54, 1.807) is 5.38 Å². The van der Waals surface area contributed by atoms with Gasteiger partial charge in [-0.1, -0.05) is 29.8 Å². The molecule has 2 aromatic rings. The molecule has 94 valence electrons. The molecule has 0 saturated carbocycles. The molecule has 0 aliphatic heterocycles. The summed E-state index contributed by atoms with van der Waals surface area (Å²) in [5.74, 6) is -0.198. The lowest BCUT2D eigenvalue weighted by Gasteiger charge is -2.13. The number of anilines is 1. The van der Waals surface area contributed by atoms with Gasteiger partial charge < -0.3 is 11.1 Å². The Morgan fingerprint density at radius 3 is 2.61 bits per heavy atom. The van der Waals surface area contributed by atoms with E-state index in [0.29, 0.717) is 10.8 Å². The second-order valence-corrected chi connectivity index (χ2v) is 5.07. The lowest BCUT2D eigenvalue weighted by molar-refractivity contribution is 0.0935. The number of hydrogen-bond acceptors (Lipinski definition) is 4. The Morgan fingerprint density at radius 2 is 2.06 bits per heavy atom. The predicted molar refractivity (Wildman–Crippen MR) is 73.6 cm³/mol. The SMILES string of the molecule is Cc1ccc([C@@H](C)NC(=O)c2csc(N)n2)cc1. The van der Waals surface area contributed by atoms with Gasteiger partial charge in [0, 0.05) is 5.38 Å². The Morgan fingerprint density at radius 1 is 1.39 bits per heavy atom. The van der Waals surface area contributed by atoms with Gasteiger partial charge in [0.25, 0.3) is 5.91 Å². The quantitative estimate of drug-likeness (QED) is 0.892. The molecule has 1 aromatic carbocycles. The summed E-state index contributed by atoms with van der Waals surface area (Å²) < 4.78 is 0. The van der Waals surface area contributed by atoms with Crippen LogP contribution in [0.5, 0.6) is 0 Å².